The van der Waals surface area contributed by atoms with Crippen molar-refractivity contribution >= 4 is 11.8 Å². The van der Waals surface area contributed by atoms with Crippen LogP contribution in [-0.2, 0) is 6.42 Å². The fourth-order valence-electron chi connectivity index (χ4n) is 2.85. The molecule has 1 unspecified atom stereocenters. The summed E-state index contributed by atoms with van der Waals surface area (Å²) in [7, 11) is 0. The lowest BCUT2D eigenvalue weighted by molar-refractivity contribution is 0.0734. The smallest absolute Gasteiger partial charge is 0.343 e. The molecule has 0 saturated carbocycles. The van der Waals surface area contributed by atoms with Gasteiger partial charge in [-0.3, -0.25) is 4.79 Å². The van der Waals surface area contributed by atoms with E-state index in [1.54, 1.807) is 48.5 Å². The van der Waals surface area contributed by atoms with Gasteiger partial charge in [0.1, 0.15) is 5.75 Å². The summed E-state index contributed by atoms with van der Waals surface area (Å²) in [5.74, 6) is -0.000265. The van der Waals surface area contributed by atoms with E-state index >= 15 is 0 Å². The Morgan fingerprint density at radius 2 is 1.43 bits per heavy atom. The van der Waals surface area contributed by atoms with Gasteiger partial charge < -0.3 is 10.1 Å². The molecular weight excluding hydrogens is 350 g/mol. The van der Waals surface area contributed by atoms with Crippen LogP contribution in [0, 0.1) is 0 Å². The van der Waals surface area contributed by atoms with Crippen LogP contribution in [-0.4, -0.2) is 24.3 Å². The SMILES string of the molecule is CC(NCCc1ccccc1)C(=O)c1ccc(OC(=O)c2ccccc2)cc1. The summed E-state index contributed by atoms with van der Waals surface area (Å²) in [5, 5.41) is 3.26. The first-order chi connectivity index (χ1) is 13.6. The van der Waals surface area contributed by atoms with E-state index in [2.05, 4.69) is 17.4 Å². The summed E-state index contributed by atoms with van der Waals surface area (Å²) in [4.78, 5) is 24.6. The summed E-state index contributed by atoms with van der Waals surface area (Å²) < 4.78 is 5.34. The van der Waals surface area contributed by atoms with Crippen molar-refractivity contribution in [2.24, 2.45) is 0 Å². The standard InChI is InChI=1S/C24H23NO3/c1-18(25-17-16-19-8-4-2-5-9-19)23(26)20-12-14-22(15-13-20)28-24(27)21-10-6-3-7-11-21/h2-15,18,25H,16-17H2,1H3. The molecule has 4 nitrogen and oxygen atoms in total. The zero-order chi connectivity index (χ0) is 19.8. The van der Waals surface area contributed by atoms with Crippen LogP contribution >= 0.6 is 0 Å². The molecule has 0 bridgehead atoms. The summed E-state index contributed by atoms with van der Waals surface area (Å²) in [5.41, 5.74) is 2.30. The van der Waals surface area contributed by atoms with Crippen molar-refractivity contribution in [1.82, 2.24) is 5.32 Å². The van der Waals surface area contributed by atoms with E-state index in [9.17, 15) is 9.59 Å². The Morgan fingerprint density at radius 1 is 0.821 bits per heavy atom. The van der Waals surface area contributed by atoms with Gasteiger partial charge >= 0.3 is 5.97 Å². The minimum absolute atomic E-state index is 0.00833. The Morgan fingerprint density at radius 3 is 2.07 bits per heavy atom. The lowest BCUT2D eigenvalue weighted by Crippen LogP contribution is -2.35. The Hall–Kier alpha value is -3.24. The van der Waals surface area contributed by atoms with Gasteiger partial charge in [-0.05, 0) is 61.9 Å². The van der Waals surface area contributed by atoms with Gasteiger partial charge in [-0.15, -0.1) is 0 Å². The fraction of sp³-hybridized carbons (Fsp3) is 0.167. The molecule has 142 valence electrons. The fourth-order valence-corrected chi connectivity index (χ4v) is 2.85. The van der Waals surface area contributed by atoms with E-state index in [-0.39, 0.29) is 11.8 Å². The molecule has 0 saturated heterocycles. The van der Waals surface area contributed by atoms with E-state index in [0.29, 0.717) is 16.9 Å². The van der Waals surface area contributed by atoms with Crippen LogP contribution in [0.3, 0.4) is 0 Å². The van der Waals surface area contributed by atoms with Crippen LogP contribution in [0.25, 0.3) is 0 Å². The number of hydrogen-bond donors (Lipinski definition) is 1. The number of Topliss-reactive ketones (excluding diaryl/α,β-unsaturated/α-hetero) is 1. The quantitative estimate of drug-likeness (QED) is 0.363. The second kappa shape index (κ2) is 9.62. The number of benzene rings is 3. The number of ketones is 1. The lowest BCUT2D eigenvalue weighted by atomic mass is 10.0. The molecule has 3 aromatic carbocycles. The van der Waals surface area contributed by atoms with Gasteiger partial charge in [0, 0.05) is 5.56 Å². The Balaban J connectivity index is 1.52. The molecule has 4 heteroatoms. The van der Waals surface area contributed by atoms with Gasteiger partial charge in [-0.1, -0.05) is 48.5 Å². The van der Waals surface area contributed by atoms with E-state index in [1.807, 2.05) is 31.2 Å². The predicted molar refractivity (Wildman–Crippen MR) is 110 cm³/mol. The molecule has 0 aliphatic carbocycles. The van der Waals surface area contributed by atoms with E-state index in [4.69, 9.17) is 4.74 Å². The molecule has 0 aromatic heterocycles. The molecule has 1 N–H and O–H groups in total. The maximum atomic E-state index is 12.6. The number of carbonyl (C=O) groups is 2. The highest BCUT2D eigenvalue weighted by molar-refractivity contribution is 6.00. The highest BCUT2D eigenvalue weighted by Gasteiger charge is 2.15. The molecule has 0 aliphatic heterocycles. The van der Waals surface area contributed by atoms with Crippen LogP contribution in [0.1, 0.15) is 33.2 Å². The van der Waals surface area contributed by atoms with Crippen molar-refractivity contribution in [2.75, 3.05) is 6.54 Å². The molecule has 3 aromatic rings. The number of ether oxygens (including phenoxy) is 1. The molecule has 1 atom stereocenters. The molecule has 0 spiro atoms. The van der Waals surface area contributed by atoms with Crippen molar-refractivity contribution in [3.05, 3.63) is 102 Å². The van der Waals surface area contributed by atoms with Crippen LogP contribution in [0.5, 0.6) is 5.75 Å². The van der Waals surface area contributed by atoms with Crippen LogP contribution in [0.4, 0.5) is 0 Å². The van der Waals surface area contributed by atoms with Crippen LogP contribution in [0.2, 0.25) is 0 Å². The summed E-state index contributed by atoms with van der Waals surface area (Å²) in [6, 6.07) is 25.3. The van der Waals surface area contributed by atoms with Crippen LogP contribution < -0.4 is 10.1 Å². The second-order valence-electron chi connectivity index (χ2n) is 6.56. The van der Waals surface area contributed by atoms with E-state index in [1.165, 1.54) is 5.56 Å². The molecule has 0 aliphatic rings. The van der Waals surface area contributed by atoms with Crippen molar-refractivity contribution in [2.45, 2.75) is 19.4 Å². The highest BCUT2D eigenvalue weighted by Crippen LogP contribution is 2.15. The average Bonchev–Trinajstić information content (AvgIpc) is 2.75. The molecule has 0 fully saturated rings. The molecule has 28 heavy (non-hydrogen) atoms. The summed E-state index contributed by atoms with van der Waals surface area (Å²) in [6.07, 6.45) is 0.868. The maximum Gasteiger partial charge on any atom is 0.343 e. The Labute approximate surface area is 165 Å². The number of nitrogens with one attached hydrogen (secondary N) is 1. The summed E-state index contributed by atoms with van der Waals surface area (Å²) >= 11 is 0. The Bertz CT molecular complexity index is 906. The largest absolute Gasteiger partial charge is 0.423 e. The molecular formula is C24H23NO3. The minimum Gasteiger partial charge on any atom is -0.423 e. The van der Waals surface area contributed by atoms with Gasteiger partial charge in [0.25, 0.3) is 0 Å². The van der Waals surface area contributed by atoms with E-state index in [0.717, 1.165) is 13.0 Å². The van der Waals surface area contributed by atoms with Gasteiger partial charge in [-0.25, -0.2) is 4.79 Å². The molecule has 0 amide bonds. The number of esters is 1. The van der Waals surface area contributed by atoms with Crippen LogP contribution in [0.15, 0.2) is 84.9 Å². The zero-order valence-electron chi connectivity index (χ0n) is 15.8. The van der Waals surface area contributed by atoms with Crippen molar-refractivity contribution in [3.63, 3.8) is 0 Å². The number of carbonyl (C=O) groups excluding carboxylic acids is 2. The lowest BCUT2D eigenvalue weighted by Gasteiger charge is -2.13. The normalized spacial score (nSPS) is 11.6. The predicted octanol–water partition coefficient (Wildman–Crippen LogP) is 4.31. The van der Waals surface area contributed by atoms with Gasteiger partial charge in [0.15, 0.2) is 5.78 Å². The summed E-state index contributed by atoms with van der Waals surface area (Å²) in [6.45, 7) is 2.58. The third-order valence-corrected chi connectivity index (χ3v) is 4.46. The topological polar surface area (TPSA) is 55.4 Å². The maximum absolute atomic E-state index is 12.6. The van der Waals surface area contributed by atoms with Crippen molar-refractivity contribution < 1.29 is 14.3 Å². The monoisotopic (exact) mass is 373 g/mol. The molecule has 3 rings (SSSR count). The third-order valence-electron chi connectivity index (χ3n) is 4.46. The number of rotatable bonds is 8. The third kappa shape index (κ3) is 5.38. The van der Waals surface area contributed by atoms with Gasteiger partial charge in [0.05, 0.1) is 11.6 Å². The second-order valence-corrected chi connectivity index (χ2v) is 6.56. The van der Waals surface area contributed by atoms with Crippen molar-refractivity contribution in [1.29, 1.82) is 0 Å². The number of hydrogen-bond acceptors (Lipinski definition) is 4. The first-order valence-electron chi connectivity index (χ1n) is 9.32. The molecule has 0 radical (unpaired) electrons. The van der Waals surface area contributed by atoms with Crippen molar-refractivity contribution in [3.8, 4) is 5.75 Å². The van der Waals surface area contributed by atoms with E-state index < -0.39 is 5.97 Å². The first kappa shape index (κ1) is 19.5. The van der Waals surface area contributed by atoms with Gasteiger partial charge in [0.2, 0.25) is 0 Å². The highest BCUT2D eigenvalue weighted by atomic mass is 16.5. The molecule has 0 heterocycles. The Kier molecular flexibility index (Phi) is 6.71. The minimum atomic E-state index is -0.421. The van der Waals surface area contributed by atoms with Gasteiger partial charge in [-0.2, -0.15) is 0 Å². The average molecular weight is 373 g/mol. The first-order valence-corrected chi connectivity index (χ1v) is 9.32. The zero-order valence-corrected chi connectivity index (χ0v) is 15.8.